The van der Waals surface area contributed by atoms with Crippen LogP contribution in [0, 0.1) is 13.8 Å². The lowest BCUT2D eigenvalue weighted by Gasteiger charge is -2.19. The number of carbonyl (C=O) groups is 2. The summed E-state index contributed by atoms with van der Waals surface area (Å²) >= 11 is 6.07. The molecule has 0 aromatic heterocycles. The number of anilines is 1. The lowest BCUT2D eigenvalue weighted by atomic mass is 10.0. The number of amides is 2. The maximum atomic E-state index is 12.4. The highest BCUT2D eigenvalue weighted by atomic mass is 35.5. The van der Waals surface area contributed by atoms with Crippen LogP contribution in [0.4, 0.5) is 5.69 Å². The van der Waals surface area contributed by atoms with E-state index in [1.807, 2.05) is 38.1 Å². The van der Waals surface area contributed by atoms with E-state index in [2.05, 4.69) is 10.6 Å². The molecule has 1 unspecified atom stereocenters. The van der Waals surface area contributed by atoms with Crippen LogP contribution in [0.1, 0.15) is 36.1 Å². The average Bonchev–Trinajstić information content (AvgIpc) is 2.51. The SMILES string of the molecule is CC(=O)NC(CC(=O)Nc1cccc(Cl)c1C)c1ccc(C)cc1. The van der Waals surface area contributed by atoms with Gasteiger partial charge < -0.3 is 10.6 Å². The zero-order chi connectivity index (χ0) is 17.7. The minimum absolute atomic E-state index is 0.147. The van der Waals surface area contributed by atoms with Gasteiger partial charge in [0.1, 0.15) is 0 Å². The Hall–Kier alpha value is -2.33. The van der Waals surface area contributed by atoms with Gasteiger partial charge in [-0.2, -0.15) is 0 Å². The van der Waals surface area contributed by atoms with Crippen LogP contribution in [0.15, 0.2) is 42.5 Å². The molecule has 0 aliphatic rings. The molecule has 0 fully saturated rings. The Morgan fingerprint density at radius 3 is 2.38 bits per heavy atom. The molecular formula is C19H21ClN2O2. The van der Waals surface area contributed by atoms with E-state index in [4.69, 9.17) is 11.6 Å². The van der Waals surface area contributed by atoms with Gasteiger partial charge >= 0.3 is 0 Å². The van der Waals surface area contributed by atoms with Gasteiger partial charge in [0, 0.05) is 17.6 Å². The summed E-state index contributed by atoms with van der Waals surface area (Å²) in [4.78, 5) is 23.9. The van der Waals surface area contributed by atoms with Gasteiger partial charge in [0.05, 0.1) is 12.5 Å². The summed E-state index contributed by atoms with van der Waals surface area (Å²) in [5.74, 6) is -0.355. The molecule has 5 heteroatoms. The van der Waals surface area contributed by atoms with E-state index in [9.17, 15) is 9.59 Å². The molecular weight excluding hydrogens is 324 g/mol. The van der Waals surface area contributed by atoms with E-state index in [0.717, 1.165) is 16.7 Å². The Morgan fingerprint density at radius 2 is 1.75 bits per heavy atom. The van der Waals surface area contributed by atoms with Crippen molar-refractivity contribution in [3.8, 4) is 0 Å². The summed E-state index contributed by atoms with van der Waals surface area (Å²) in [5, 5.41) is 6.30. The number of aryl methyl sites for hydroxylation is 1. The Balaban J connectivity index is 2.13. The monoisotopic (exact) mass is 344 g/mol. The van der Waals surface area contributed by atoms with E-state index in [0.29, 0.717) is 10.7 Å². The summed E-state index contributed by atoms with van der Waals surface area (Å²) in [6.07, 6.45) is 0.147. The predicted octanol–water partition coefficient (Wildman–Crippen LogP) is 4.16. The Bertz CT molecular complexity index is 742. The number of nitrogens with one attached hydrogen (secondary N) is 2. The molecule has 126 valence electrons. The number of hydrogen-bond acceptors (Lipinski definition) is 2. The third-order valence-electron chi connectivity index (χ3n) is 3.79. The first-order valence-electron chi connectivity index (χ1n) is 7.75. The fraction of sp³-hybridized carbons (Fsp3) is 0.263. The molecule has 2 aromatic carbocycles. The first kappa shape index (κ1) is 18.0. The van der Waals surface area contributed by atoms with Gasteiger partial charge in [-0.05, 0) is 37.1 Å². The Morgan fingerprint density at radius 1 is 1.08 bits per heavy atom. The van der Waals surface area contributed by atoms with Gasteiger partial charge in [0.2, 0.25) is 11.8 Å². The second-order valence-electron chi connectivity index (χ2n) is 5.83. The minimum atomic E-state index is -0.373. The molecule has 0 spiro atoms. The van der Waals surface area contributed by atoms with Crippen LogP contribution in [0.5, 0.6) is 0 Å². The Kier molecular flexibility index (Phi) is 5.99. The number of hydrogen-bond donors (Lipinski definition) is 2. The van der Waals surface area contributed by atoms with E-state index < -0.39 is 0 Å². The van der Waals surface area contributed by atoms with Crippen molar-refractivity contribution in [2.75, 3.05) is 5.32 Å². The van der Waals surface area contributed by atoms with Crippen molar-refractivity contribution >= 4 is 29.1 Å². The molecule has 0 saturated heterocycles. The van der Waals surface area contributed by atoms with Crippen molar-refractivity contribution in [3.05, 3.63) is 64.2 Å². The maximum Gasteiger partial charge on any atom is 0.226 e. The molecule has 2 rings (SSSR count). The molecule has 0 aliphatic carbocycles. The molecule has 2 aromatic rings. The minimum Gasteiger partial charge on any atom is -0.349 e. The van der Waals surface area contributed by atoms with Crippen LogP contribution in [-0.2, 0) is 9.59 Å². The molecule has 0 bridgehead atoms. The normalized spacial score (nSPS) is 11.7. The number of benzene rings is 2. The van der Waals surface area contributed by atoms with Crippen LogP contribution in [-0.4, -0.2) is 11.8 Å². The smallest absolute Gasteiger partial charge is 0.226 e. The van der Waals surface area contributed by atoms with Crippen LogP contribution >= 0.6 is 11.6 Å². The highest BCUT2D eigenvalue weighted by Gasteiger charge is 2.18. The first-order valence-corrected chi connectivity index (χ1v) is 8.13. The highest BCUT2D eigenvalue weighted by molar-refractivity contribution is 6.31. The summed E-state index contributed by atoms with van der Waals surface area (Å²) in [6.45, 7) is 5.29. The van der Waals surface area contributed by atoms with Gasteiger partial charge in [0.15, 0.2) is 0 Å². The fourth-order valence-corrected chi connectivity index (χ4v) is 2.60. The Labute approximate surface area is 147 Å². The number of carbonyl (C=O) groups excluding carboxylic acids is 2. The maximum absolute atomic E-state index is 12.4. The number of halogens is 1. The summed E-state index contributed by atoms with van der Waals surface area (Å²) in [7, 11) is 0. The van der Waals surface area contributed by atoms with Crippen molar-refractivity contribution in [1.29, 1.82) is 0 Å². The molecule has 24 heavy (non-hydrogen) atoms. The first-order chi connectivity index (χ1) is 11.4. The van der Waals surface area contributed by atoms with Crippen LogP contribution < -0.4 is 10.6 Å². The van der Waals surface area contributed by atoms with Crippen molar-refractivity contribution in [3.63, 3.8) is 0 Å². The van der Waals surface area contributed by atoms with Crippen molar-refractivity contribution in [1.82, 2.24) is 5.32 Å². The predicted molar refractivity (Wildman–Crippen MR) is 97.2 cm³/mol. The van der Waals surface area contributed by atoms with E-state index in [1.165, 1.54) is 6.92 Å². The molecule has 0 radical (unpaired) electrons. The van der Waals surface area contributed by atoms with Crippen LogP contribution in [0.2, 0.25) is 5.02 Å². The third-order valence-corrected chi connectivity index (χ3v) is 4.20. The van der Waals surface area contributed by atoms with Crippen molar-refractivity contribution in [2.45, 2.75) is 33.2 Å². The van der Waals surface area contributed by atoms with Gasteiger partial charge in [-0.3, -0.25) is 9.59 Å². The average molecular weight is 345 g/mol. The summed E-state index contributed by atoms with van der Waals surface area (Å²) < 4.78 is 0. The highest BCUT2D eigenvalue weighted by Crippen LogP contribution is 2.24. The van der Waals surface area contributed by atoms with Gasteiger partial charge in [0.25, 0.3) is 0 Å². The van der Waals surface area contributed by atoms with Crippen molar-refractivity contribution in [2.24, 2.45) is 0 Å². The topological polar surface area (TPSA) is 58.2 Å². The molecule has 2 amide bonds. The molecule has 0 saturated carbocycles. The summed E-state index contributed by atoms with van der Waals surface area (Å²) in [5.41, 5.74) is 3.52. The van der Waals surface area contributed by atoms with Crippen molar-refractivity contribution < 1.29 is 9.59 Å². The third kappa shape index (κ3) is 4.83. The van der Waals surface area contributed by atoms with Gasteiger partial charge in [-0.25, -0.2) is 0 Å². The fourth-order valence-electron chi connectivity index (χ4n) is 2.43. The molecule has 1 atom stereocenters. The largest absolute Gasteiger partial charge is 0.349 e. The second kappa shape index (κ2) is 7.97. The van der Waals surface area contributed by atoms with E-state index >= 15 is 0 Å². The van der Waals surface area contributed by atoms with Crippen LogP contribution in [0.25, 0.3) is 0 Å². The van der Waals surface area contributed by atoms with Gasteiger partial charge in [-0.1, -0.05) is 47.5 Å². The zero-order valence-corrected chi connectivity index (χ0v) is 14.8. The van der Waals surface area contributed by atoms with Gasteiger partial charge in [-0.15, -0.1) is 0 Å². The lowest BCUT2D eigenvalue weighted by molar-refractivity contribution is -0.120. The molecule has 2 N–H and O–H groups in total. The van der Waals surface area contributed by atoms with E-state index in [-0.39, 0.29) is 24.3 Å². The lowest BCUT2D eigenvalue weighted by Crippen LogP contribution is -2.29. The summed E-state index contributed by atoms with van der Waals surface area (Å²) in [6, 6.07) is 12.8. The molecule has 4 nitrogen and oxygen atoms in total. The van der Waals surface area contributed by atoms with E-state index in [1.54, 1.807) is 18.2 Å². The second-order valence-corrected chi connectivity index (χ2v) is 6.24. The molecule has 0 heterocycles. The zero-order valence-electron chi connectivity index (χ0n) is 14.0. The number of rotatable bonds is 5. The van der Waals surface area contributed by atoms with Crippen LogP contribution in [0.3, 0.4) is 0 Å². The standard InChI is InChI=1S/C19H21ClN2O2/c1-12-7-9-15(10-8-12)18(21-14(3)23)11-19(24)22-17-6-4-5-16(20)13(17)2/h4-10,18H,11H2,1-3H3,(H,21,23)(H,22,24). The quantitative estimate of drug-likeness (QED) is 0.855. The molecule has 0 aliphatic heterocycles.